The van der Waals surface area contributed by atoms with Gasteiger partial charge in [-0.25, -0.2) is 17.9 Å². The van der Waals surface area contributed by atoms with Gasteiger partial charge in [-0.05, 0) is 36.8 Å². The molecule has 2 aromatic carbocycles. The van der Waals surface area contributed by atoms with E-state index in [9.17, 15) is 12.8 Å². The van der Waals surface area contributed by atoms with Crippen molar-refractivity contribution < 1.29 is 17.5 Å². The van der Waals surface area contributed by atoms with Crippen LogP contribution in [0.15, 0.2) is 47.4 Å². The van der Waals surface area contributed by atoms with Crippen LogP contribution in [-0.2, 0) is 16.6 Å². The zero-order chi connectivity index (χ0) is 14.8. The highest BCUT2D eigenvalue weighted by atomic mass is 32.2. The first kappa shape index (κ1) is 14.5. The standard InChI is InChI=1S/C14H14FNO3S/c1-10-8-12(20(16,17)18)6-7-14(10)19-9-11-4-2-3-5-13(11)15/h2-8H,9H2,1H3,(H2,16,17,18). The quantitative estimate of drug-likeness (QED) is 0.941. The van der Waals surface area contributed by atoms with E-state index in [4.69, 9.17) is 9.88 Å². The van der Waals surface area contributed by atoms with Gasteiger partial charge in [0.1, 0.15) is 18.2 Å². The minimum Gasteiger partial charge on any atom is -0.489 e. The number of hydrogen-bond acceptors (Lipinski definition) is 3. The Bertz CT molecular complexity index is 729. The molecule has 0 unspecified atom stereocenters. The van der Waals surface area contributed by atoms with Gasteiger partial charge in [0.2, 0.25) is 10.0 Å². The summed E-state index contributed by atoms with van der Waals surface area (Å²) in [5.41, 5.74) is 1.05. The van der Waals surface area contributed by atoms with Crippen LogP contribution in [0.2, 0.25) is 0 Å². The van der Waals surface area contributed by atoms with Gasteiger partial charge in [0.25, 0.3) is 0 Å². The second-order valence-corrected chi connectivity index (χ2v) is 5.91. The Balaban J connectivity index is 2.17. The maximum Gasteiger partial charge on any atom is 0.238 e. The number of sulfonamides is 1. The molecule has 0 aliphatic rings. The molecule has 2 aromatic rings. The lowest BCUT2D eigenvalue weighted by atomic mass is 10.2. The van der Waals surface area contributed by atoms with Crippen molar-refractivity contribution in [3.05, 3.63) is 59.4 Å². The van der Waals surface area contributed by atoms with Crippen molar-refractivity contribution in [2.75, 3.05) is 0 Å². The number of benzene rings is 2. The van der Waals surface area contributed by atoms with E-state index in [1.54, 1.807) is 25.1 Å². The van der Waals surface area contributed by atoms with Gasteiger partial charge in [0.05, 0.1) is 4.90 Å². The molecule has 6 heteroatoms. The van der Waals surface area contributed by atoms with Crippen LogP contribution in [0.25, 0.3) is 0 Å². The smallest absolute Gasteiger partial charge is 0.238 e. The number of aryl methyl sites for hydroxylation is 1. The molecule has 0 fully saturated rings. The van der Waals surface area contributed by atoms with E-state index in [1.807, 2.05) is 0 Å². The number of ether oxygens (including phenoxy) is 1. The van der Waals surface area contributed by atoms with Crippen LogP contribution in [0.4, 0.5) is 4.39 Å². The van der Waals surface area contributed by atoms with Gasteiger partial charge in [0, 0.05) is 5.56 Å². The minimum absolute atomic E-state index is 0.0215. The van der Waals surface area contributed by atoms with Crippen molar-refractivity contribution in [3.8, 4) is 5.75 Å². The average Bonchev–Trinajstić information content (AvgIpc) is 2.38. The normalized spacial score (nSPS) is 11.3. The molecule has 0 atom stereocenters. The van der Waals surface area contributed by atoms with Crippen LogP contribution in [0.5, 0.6) is 5.75 Å². The number of halogens is 1. The highest BCUT2D eigenvalue weighted by Crippen LogP contribution is 2.22. The first-order valence-electron chi connectivity index (χ1n) is 5.87. The SMILES string of the molecule is Cc1cc(S(N)(=O)=O)ccc1OCc1ccccc1F. The first-order valence-corrected chi connectivity index (χ1v) is 7.42. The number of nitrogens with two attached hydrogens (primary N) is 1. The Morgan fingerprint density at radius 2 is 1.90 bits per heavy atom. The Labute approximate surface area is 117 Å². The molecule has 0 aliphatic heterocycles. The zero-order valence-electron chi connectivity index (χ0n) is 10.8. The number of rotatable bonds is 4. The molecule has 0 amide bonds. The van der Waals surface area contributed by atoms with E-state index >= 15 is 0 Å². The molecule has 0 spiro atoms. The van der Waals surface area contributed by atoms with E-state index in [0.717, 1.165) is 0 Å². The lowest BCUT2D eigenvalue weighted by molar-refractivity contribution is 0.297. The minimum atomic E-state index is -3.73. The molecule has 2 rings (SSSR count). The molecule has 20 heavy (non-hydrogen) atoms. The van der Waals surface area contributed by atoms with Gasteiger partial charge in [-0.1, -0.05) is 18.2 Å². The van der Waals surface area contributed by atoms with E-state index in [0.29, 0.717) is 16.9 Å². The fourth-order valence-electron chi connectivity index (χ4n) is 1.73. The van der Waals surface area contributed by atoms with Crippen molar-refractivity contribution in [3.63, 3.8) is 0 Å². The average molecular weight is 295 g/mol. The zero-order valence-corrected chi connectivity index (χ0v) is 11.7. The summed E-state index contributed by atoms with van der Waals surface area (Å²) >= 11 is 0. The van der Waals surface area contributed by atoms with Crippen LogP contribution in [0.1, 0.15) is 11.1 Å². The van der Waals surface area contributed by atoms with Crippen LogP contribution in [-0.4, -0.2) is 8.42 Å². The van der Waals surface area contributed by atoms with Crippen LogP contribution in [0, 0.1) is 12.7 Å². The highest BCUT2D eigenvalue weighted by Gasteiger charge is 2.10. The summed E-state index contributed by atoms with van der Waals surface area (Å²) in [7, 11) is -3.73. The third-order valence-corrected chi connectivity index (χ3v) is 3.73. The highest BCUT2D eigenvalue weighted by molar-refractivity contribution is 7.89. The summed E-state index contributed by atoms with van der Waals surface area (Å²) in [6.45, 7) is 1.77. The number of hydrogen-bond donors (Lipinski definition) is 1. The van der Waals surface area contributed by atoms with Gasteiger partial charge in [0.15, 0.2) is 0 Å². The molecule has 0 saturated heterocycles. The fraction of sp³-hybridized carbons (Fsp3) is 0.143. The van der Waals surface area contributed by atoms with Gasteiger partial charge in [-0.3, -0.25) is 0 Å². The third-order valence-electron chi connectivity index (χ3n) is 2.82. The Morgan fingerprint density at radius 1 is 1.20 bits per heavy atom. The molecule has 2 N–H and O–H groups in total. The van der Waals surface area contributed by atoms with Crippen molar-refractivity contribution >= 4 is 10.0 Å². The maximum atomic E-state index is 13.4. The Kier molecular flexibility index (Phi) is 4.06. The van der Waals surface area contributed by atoms with Crippen molar-refractivity contribution in [2.45, 2.75) is 18.4 Å². The van der Waals surface area contributed by atoms with E-state index in [2.05, 4.69) is 0 Å². The molecule has 0 bridgehead atoms. The molecular weight excluding hydrogens is 281 g/mol. The molecule has 0 aromatic heterocycles. The van der Waals surface area contributed by atoms with Crippen LogP contribution < -0.4 is 9.88 Å². The lowest BCUT2D eigenvalue weighted by Crippen LogP contribution is -2.12. The predicted octanol–water partition coefficient (Wildman–Crippen LogP) is 2.36. The molecule has 4 nitrogen and oxygen atoms in total. The second-order valence-electron chi connectivity index (χ2n) is 4.35. The third kappa shape index (κ3) is 3.34. The molecule has 106 valence electrons. The maximum absolute atomic E-state index is 13.4. The molecule has 0 saturated carbocycles. The van der Waals surface area contributed by atoms with Crippen LogP contribution >= 0.6 is 0 Å². The second kappa shape index (κ2) is 5.60. The number of primary sulfonamides is 1. The summed E-state index contributed by atoms with van der Waals surface area (Å²) < 4.78 is 41.3. The van der Waals surface area contributed by atoms with Crippen molar-refractivity contribution in [1.82, 2.24) is 0 Å². The fourth-order valence-corrected chi connectivity index (χ4v) is 2.33. The summed E-state index contributed by atoms with van der Waals surface area (Å²) in [4.78, 5) is 0.0215. The van der Waals surface area contributed by atoms with Gasteiger partial charge in [-0.2, -0.15) is 0 Å². The summed E-state index contributed by atoms with van der Waals surface area (Å²) in [6.07, 6.45) is 0. The summed E-state index contributed by atoms with van der Waals surface area (Å²) in [5.74, 6) is 0.145. The van der Waals surface area contributed by atoms with E-state index < -0.39 is 10.0 Å². The van der Waals surface area contributed by atoms with Gasteiger partial charge in [-0.15, -0.1) is 0 Å². The Morgan fingerprint density at radius 3 is 2.50 bits per heavy atom. The van der Waals surface area contributed by atoms with Crippen molar-refractivity contribution in [2.24, 2.45) is 5.14 Å². The van der Waals surface area contributed by atoms with Crippen molar-refractivity contribution in [1.29, 1.82) is 0 Å². The molecular formula is C14H14FNO3S. The monoisotopic (exact) mass is 295 g/mol. The first-order chi connectivity index (χ1) is 9.38. The van der Waals surface area contributed by atoms with Crippen LogP contribution in [0.3, 0.4) is 0 Å². The largest absolute Gasteiger partial charge is 0.489 e. The molecule has 0 radical (unpaired) electrons. The Hall–Kier alpha value is -1.92. The van der Waals surface area contributed by atoms with Gasteiger partial charge < -0.3 is 4.74 Å². The molecule has 0 heterocycles. The predicted molar refractivity (Wildman–Crippen MR) is 73.3 cm³/mol. The topological polar surface area (TPSA) is 69.4 Å². The lowest BCUT2D eigenvalue weighted by Gasteiger charge is -2.10. The van der Waals surface area contributed by atoms with E-state index in [-0.39, 0.29) is 17.3 Å². The summed E-state index contributed by atoms with van der Waals surface area (Å²) in [6, 6.07) is 10.6. The summed E-state index contributed by atoms with van der Waals surface area (Å²) in [5, 5.41) is 5.04. The molecule has 0 aliphatic carbocycles. The van der Waals surface area contributed by atoms with Gasteiger partial charge >= 0.3 is 0 Å². The van der Waals surface area contributed by atoms with E-state index in [1.165, 1.54) is 24.3 Å².